The molecule has 0 spiro atoms. The highest BCUT2D eigenvalue weighted by Crippen LogP contribution is 2.39. The minimum atomic E-state index is -1.59. The zero-order valence-corrected chi connectivity index (χ0v) is 8.85. The number of halogens is 2. The highest BCUT2D eigenvalue weighted by atomic mass is 19.2. The third-order valence-corrected chi connectivity index (χ3v) is 2.45. The second-order valence-corrected chi connectivity index (χ2v) is 3.62. The van der Waals surface area contributed by atoms with Gasteiger partial charge in [0.25, 0.3) is 0 Å². The molecule has 0 bridgehead atoms. The van der Waals surface area contributed by atoms with E-state index in [1.165, 1.54) is 6.07 Å². The average molecular weight is 254 g/mol. The predicted molar refractivity (Wildman–Crippen MR) is 58.5 cm³/mol. The van der Waals surface area contributed by atoms with Crippen LogP contribution in [0, 0.1) is 11.6 Å². The van der Waals surface area contributed by atoms with Crippen molar-refractivity contribution in [1.29, 1.82) is 0 Å². The Labute approximate surface area is 100.0 Å². The predicted octanol–water partition coefficient (Wildman–Crippen LogP) is 2.45. The number of hydrogen-bond donors (Lipinski definition) is 4. The van der Waals surface area contributed by atoms with E-state index in [-0.39, 0.29) is 11.1 Å². The first-order chi connectivity index (χ1) is 8.41. The minimum Gasteiger partial charge on any atom is -0.505 e. The van der Waals surface area contributed by atoms with E-state index in [0.29, 0.717) is 0 Å². The Morgan fingerprint density at radius 3 is 2.00 bits per heavy atom. The molecule has 0 fully saturated rings. The summed E-state index contributed by atoms with van der Waals surface area (Å²) in [6.07, 6.45) is 0. The molecule has 2 aromatic carbocycles. The van der Waals surface area contributed by atoms with Gasteiger partial charge in [-0.25, -0.2) is 0 Å². The van der Waals surface area contributed by atoms with E-state index < -0.39 is 34.6 Å². The summed E-state index contributed by atoms with van der Waals surface area (Å²) in [6, 6.07) is 4.24. The highest BCUT2D eigenvalue weighted by molar-refractivity contribution is 5.74. The van der Waals surface area contributed by atoms with Crippen LogP contribution in [0.1, 0.15) is 0 Å². The van der Waals surface area contributed by atoms with Gasteiger partial charge < -0.3 is 20.4 Å². The van der Waals surface area contributed by atoms with Crippen molar-refractivity contribution in [2.75, 3.05) is 0 Å². The summed E-state index contributed by atoms with van der Waals surface area (Å²) in [6.45, 7) is 0. The summed E-state index contributed by atoms with van der Waals surface area (Å²) < 4.78 is 26.2. The Balaban J connectivity index is 2.67. The molecule has 18 heavy (non-hydrogen) atoms. The van der Waals surface area contributed by atoms with Gasteiger partial charge in [0.1, 0.15) is 0 Å². The van der Waals surface area contributed by atoms with E-state index in [1.54, 1.807) is 0 Å². The Bertz CT molecular complexity index is 626. The molecular weight excluding hydrogens is 246 g/mol. The third kappa shape index (κ3) is 1.77. The van der Waals surface area contributed by atoms with E-state index in [1.807, 2.05) is 0 Å². The lowest BCUT2D eigenvalue weighted by Gasteiger charge is -2.08. The fourth-order valence-electron chi connectivity index (χ4n) is 1.51. The van der Waals surface area contributed by atoms with E-state index in [4.69, 9.17) is 10.2 Å². The number of phenolic OH excluding ortho intramolecular Hbond substituents is 4. The molecule has 0 radical (unpaired) electrons. The van der Waals surface area contributed by atoms with E-state index in [0.717, 1.165) is 18.2 Å². The van der Waals surface area contributed by atoms with Gasteiger partial charge in [0.2, 0.25) is 11.6 Å². The molecule has 0 unspecified atom stereocenters. The Hall–Kier alpha value is -2.50. The van der Waals surface area contributed by atoms with Crippen molar-refractivity contribution in [3.63, 3.8) is 0 Å². The second-order valence-electron chi connectivity index (χ2n) is 3.62. The lowest BCUT2D eigenvalue weighted by Crippen LogP contribution is -1.89. The van der Waals surface area contributed by atoms with E-state index in [9.17, 15) is 19.0 Å². The van der Waals surface area contributed by atoms with Gasteiger partial charge in [-0.05, 0) is 23.8 Å². The minimum absolute atomic E-state index is 0.108. The van der Waals surface area contributed by atoms with Gasteiger partial charge in [-0.1, -0.05) is 6.07 Å². The fourth-order valence-corrected chi connectivity index (χ4v) is 1.51. The van der Waals surface area contributed by atoms with Crippen LogP contribution in [0.15, 0.2) is 24.3 Å². The van der Waals surface area contributed by atoms with Crippen LogP contribution in [0.2, 0.25) is 0 Å². The number of rotatable bonds is 1. The van der Waals surface area contributed by atoms with Crippen LogP contribution in [0.4, 0.5) is 8.78 Å². The van der Waals surface area contributed by atoms with Crippen molar-refractivity contribution in [3.05, 3.63) is 35.9 Å². The normalized spacial score (nSPS) is 10.6. The molecule has 0 aliphatic carbocycles. The summed E-state index contributed by atoms with van der Waals surface area (Å²) in [7, 11) is 0. The summed E-state index contributed by atoms with van der Waals surface area (Å²) in [5.41, 5.74) is -0.0984. The smallest absolute Gasteiger partial charge is 0.204 e. The maximum absolute atomic E-state index is 13.2. The highest BCUT2D eigenvalue weighted by Gasteiger charge is 2.19. The zero-order valence-electron chi connectivity index (χ0n) is 8.85. The van der Waals surface area contributed by atoms with Crippen LogP contribution >= 0.6 is 0 Å². The van der Waals surface area contributed by atoms with Crippen molar-refractivity contribution in [2.45, 2.75) is 0 Å². The van der Waals surface area contributed by atoms with Gasteiger partial charge in [0.05, 0.1) is 0 Å². The van der Waals surface area contributed by atoms with Crippen LogP contribution < -0.4 is 0 Å². The monoisotopic (exact) mass is 254 g/mol. The SMILES string of the molecule is Oc1ccc(-c2cc(O)c(F)c(F)c2O)cc1O. The first kappa shape index (κ1) is 12.0. The van der Waals surface area contributed by atoms with Crippen LogP contribution in [-0.4, -0.2) is 20.4 Å². The number of aromatic hydroxyl groups is 4. The molecule has 94 valence electrons. The van der Waals surface area contributed by atoms with E-state index >= 15 is 0 Å². The average Bonchev–Trinajstić information content (AvgIpc) is 2.35. The fraction of sp³-hybridized carbons (Fsp3) is 0. The van der Waals surface area contributed by atoms with Crippen LogP contribution in [0.25, 0.3) is 11.1 Å². The number of phenols is 4. The van der Waals surface area contributed by atoms with Gasteiger partial charge >= 0.3 is 0 Å². The summed E-state index contributed by atoms with van der Waals surface area (Å²) >= 11 is 0. The topological polar surface area (TPSA) is 80.9 Å². The maximum atomic E-state index is 13.2. The Morgan fingerprint density at radius 1 is 0.722 bits per heavy atom. The summed E-state index contributed by atoms with van der Waals surface area (Å²) in [4.78, 5) is 0. The molecule has 0 aliphatic heterocycles. The van der Waals surface area contributed by atoms with Gasteiger partial charge in [-0.3, -0.25) is 0 Å². The number of hydrogen-bond acceptors (Lipinski definition) is 4. The molecule has 0 amide bonds. The third-order valence-electron chi connectivity index (χ3n) is 2.45. The van der Waals surface area contributed by atoms with Crippen molar-refractivity contribution in [3.8, 4) is 34.1 Å². The quantitative estimate of drug-likeness (QED) is 0.465. The molecule has 0 saturated carbocycles. The molecular formula is C12H8F2O4. The summed E-state index contributed by atoms with van der Waals surface area (Å²) in [5.74, 6) is -5.98. The lowest BCUT2D eigenvalue weighted by molar-refractivity contribution is 0.376. The van der Waals surface area contributed by atoms with Gasteiger partial charge in [-0.2, -0.15) is 8.78 Å². The summed E-state index contributed by atoms with van der Waals surface area (Å²) in [5, 5.41) is 37.0. The first-order valence-electron chi connectivity index (χ1n) is 4.84. The second kappa shape index (κ2) is 4.06. The molecule has 0 atom stereocenters. The molecule has 0 aromatic heterocycles. The zero-order chi connectivity index (χ0) is 13.4. The largest absolute Gasteiger partial charge is 0.505 e. The van der Waals surface area contributed by atoms with Crippen molar-refractivity contribution in [1.82, 2.24) is 0 Å². The molecule has 2 rings (SSSR count). The van der Waals surface area contributed by atoms with Crippen molar-refractivity contribution >= 4 is 0 Å². The molecule has 4 N–H and O–H groups in total. The number of benzene rings is 2. The lowest BCUT2D eigenvalue weighted by atomic mass is 10.0. The Morgan fingerprint density at radius 2 is 1.39 bits per heavy atom. The van der Waals surface area contributed by atoms with Gasteiger partial charge in [0.15, 0.2) is 23.0 Å². The Kier molecular flexibility index (Phi) is 2.70. The molecule has 0 saturated heterocycles. The van der Waals surface area contributed by atoms with Crippen molar-refractivity contribution in [2.24, 2.45) is 0 Å². The molecule has 0 heterocycles. The maximum Gasteiger partial charge on any atom is 0.204 e. The van der Waals surface area contributed by atoms with Gasteiger partial charge in [0, 0.05) is 5.56 Å². The first-order valence-corrected chi connectivity index (χ1v) is 4.84. The van der Waals surface area contributed by atoms with Crippen LogP contribution in [0.5, 0.6) is 23.0 Å². The van der Waals surface area contributed by atoms with Crippen LogP contribution in [-0.2, 0) is 0 Å². The van der Waals surface area contributed by atoms with Gasteiger partial charge in [-0.15, -0.1) is 0 Å². The molecule has 0 aliphatic rings. The van der Waals surface area contributed by atoms with Crippen molar-refractivity contribution < 1.29 is 29.2 Å². The van der Waals surface area contributed by atoms with E-state index in [2.05, 4.69) is 0 Å². The van der Waals surface area contributed by atoms with Crippen LogP contribution in [0.3, 0.4) is 0 Å². The molecule has 2 aromatic rings. The molecule has 6 heteroatoms. The standard InChI is InChI=1S/C12H8F2O4/c13-10-9(17)4-6(12(18)11(10)14)5-1-2-7(15)8(16)3-5/h1-4,15-18H. The molecule has 4 nitrogen and oxygen atoms in total.